The van der Waals surface area contributed by atoms with Crippen LogP contribution in [0.4, 0.5) is 22.7 Å². The molecule has 0 saturated carbocycles. The molecule has 0 unspecified atom stereocenters. The van der Waals surface area contributed by atoms with E-state index in [2.05, 4.69) is 233 Å². The maximum absolute atomic E-state index is 6.29. The van der Waals surface area contributed by atoms with Gasteiger partial charge in [-0.2, -0.15) is 9.13 Å². The molecule has 6 aromatic carbocycles. The Bertz CT molecular complexity index is 3970. The number of para-hydroxylation sites is 2. The van der Waals surface area contributed by atoms with E-state index in [1.165, 1.54) is 87.2 Å². The van der Waals surface area contributed by atoms with Gasteiger partial charge in [0.1, 0.15) is 23.6 Å². The number of thioether (sulfide) groups is 1. The van der Waals surface area contributed by atoms with E-state index in [9.17, 15) is 0 Å². The number of benzene rings is 6. The van der Waals surface area contributed by atoms with Crippen LogP contribution in [0, 0.1) is 0 Å². The summed E-state index contributed by atoms with van der Waals surface area (Å²) in [6.45, 7) is 24.7. The lowest BCUT2D eigenvalue weighted by Crippen LogP contribution is -3.00. The first-order valence-electron chi connectivity index (χ1n) is 28.2. The third kappa shape index (κ3) is 12.8. The fraction of sp³-hybridized carbons (Fsp3) is 0.250. The Kier molecular flexibility index (Phi) is 21.4. The second-order valence-corrected chi connectivity index (χ2v) is 23.4. The number of hydrogen-bond donors (Lipinski definition) is 0. The van der Waals surface area contributed by atoms with Gasteiger partial charge in [0, 0.05) is 104 Å². The molecule has 8 nitrogen and oxygen atoms in total. The van der Waals surface area contributed by atoms with Crippen LogP contribution in [0.15, 0.2) is 173 Å². The Balaban J connectivity index is 0.000000162. The third-order valence-electron chi connectivity index (χ3n) is 15.0. The molecular weight excluding hydrogens is 1210 g/mol. The highest BCUT2D eigenvalue weighted by molar-refractivity contribution is 8.03. The highest BCUT2D eigenvalue weighted by Crippen LogP contribution is 2.48. The van der Waals surface area contributed by atoms with Crippen molar-refractivity contribution in [1.82, 2.24) is 4.57 Å². The summed E-state index contributed by atoms with van der Waals surface area (Å²) < 4.78 is 10.6. The molecular formula is C68H73BrCl4N8S2+2. The molecule has 3 aromatic heterocycles. The zero-order valence-corrected chi connectivity index (χ0v) is 53.9. The number of likely N-dealkylation sites (N-methyl/N-ethyl adjacent to an activating group) is 1. The van der Waals surface area contributed by atoms with Crippen LogP contribution >= 0.6 is 69.5 Å². The van der Waals surface area contributed by atoms with Crippen LogP contribution in [-0.4, -0.2) is 30.7 Å². The topological polar surface area (TPSA) is 29.5 Å². The molecule has 0 spiro atoms. The number of fused-ring (bicyclic) bond motifs is 6. The Morgan fingerprint density at radius 2 is 1.14 bits per heavy atom. The number of nitrogens with zero attached hydrogens (tertiary/aromatic N) is 8. The maximum atomic E-state index is 6.29. The number of pyridine rings is 1. The van der Waals surface area contributed by atoms with Gasteiger partial charge in [0.05, 0.1) is 41.3 Å². The minimum atomic E-state index is 0. The predicted molar refractivity (Wildman–Crippen MR) is 357 cm³/mol. The summed E-state index contributed by atoms with van der Waals surface area (Å²) in [5.74, 6) is 2.34. The van der Waals surface area contributed by atoms with Gasteiger partial charge in [0.15, 0.2) is 11.0 Å². The molecule has 3 aliphatic rings. The van der Waals surface area contributed by atoms with Crippen LogP contribution in [0.2, 0.25) is 20.1 Å². The SMILES string of the molecule is C.CCN1/C(=C/c2ccc3ccccc3[n+]2CC)C=Cc2ccccc21.CCN1C(=CC=Cc2n(CC)c3cc(Cl)ccc3[n+]2CC)N(CC)c2cc(Cl)ccc21.CCN1C(=Cc2sc3ccc(Cl)cc3[n+]2CC)Sc2ccc(Cl)cc21.[Br-]. The molecule has 83 heavy (non-hydrogen) atoms. The zero-order chi connectivity index (χ0) is 56.9. The summed E-state index contributed by atoms with van der Waals surface area (Å²) in [5, 5.41) is 6.83. The average Bonchev–Trinajstić information content (AvgIpc) is 4.42. The highest BCUT2D eigenvalue weighted by atomic mass is 79.9. The number of hydrogen-bond acceptors (Lipinski definition) is 6. The minimum absolute atomic E-state index is 0. The molecule has 3 aliphatic heterocycles. The first-order chi connectivity index (χ1) is 39.4. The summed E-state index contributed by atoms with van der Waals surface area (Å²) in [6, 6.07) is 46.1. The first kappa shape index (κ1) is 63.0. The van der Waals surface area contributed by atoms with Crippen molar-refractivity contribution < 1.29 is 30.7 Å². The Morgan fingerprint density at radius 3 is 1.87 bits per heavy atom. The van der Waals surface area contributed by atoms with Crippen LogP contribution in [0.25, 0.3) is 56.5 Å². The molecule has 0 radical (unpaired) electrons. The minimum Gasteiger partial charge on any atom is -1.00 e. The van der Waals surface area contributed by atoms with Crippen LogP contribution < -0.4 is 50.3 Å². The molecule has 12 rings (SSSR count). The Morgan fingerprint density at radius 1 is 0.506 bits per heavy atom. The zero-order valence-electron chi connectivity index (χ0n) is 47.7. The second-order valence-electron chi connectivity index (χ2n) is 19.5. The van der Waals surface area contributed by atoms with Gasteiger partial charge < -0.3 is 36.6 Å². The number of aromatic nitrogens is 4. The predicted octanol–water partition coefficient (Wildman–Crippen LogP) is 15.6. The Hall–Kier alpha value is -6.02. The number of imidazole rings is 1. The monoisotopic (exact) mass is 1280 g/mol. The van der Waals surface area contributed by atoms with E-state index in [4.69, 9.17) is 46.4 Å². The lowest BCUT2D eigenvalue weighted by Gasteiger charge is -2.29. The fourth-order valence-corrected chi connectivity index (χ4v) is 14.4. The van der Waals surface area contributed by atoms with Crippen molar-refractivity contribution in [1.29, 1.82) is 0 Å². The standard InChI is InChI=1S/C25H29Cl2N4.C23H23N2.C19H17Cl2N2S2.CH4.BrH/c1-5-28-20-14-12-18(26)16-22(20)30(7-3)24(28)10-9-11-25-29(6-2)21-15-13-19(27)17-23(21)31(25)8-4;1-3-24-20(15-13-18-9-5-7-11-22(18)24)17-21-16-14-19-10-6-8-12-23(19)25(21)4-2;1-3-22-14-9-12(20)5-7-16(14)24-18(22)11-19-23(4-2)15-10-13(21)6-8-17(15)25-19;;/h9-17H,5-8H2,1-4H3;5-17H,3-4H2,1-2H3;5-11H,3-4H2,1-2H3;1H4;1H/q3*+1;;/p-1. The van der Waals surface area contributed by atoms with Gasteiger partial charge in [-0.1, -0.05) is 119 Å². The number of rotatable bonds is 12. The van der Waals surface area contributed by atoms with Crippen molar-refractivity contribution >= 4 is 149 Å². The largest absolute Gasteiger partial charge is 1.00 e. The first-order valence-corrected chi connectivity index (χ1v) is 31.3. The van der Waals surface area contributed by atoms with E-state index in [0.717, 1.165) is 83.7 Å². The summed E-state index contributed by atoms with van der Waals surface area (Å²) in [5.41, 5.74) is 13.4. The van der Waals surface area contributed by atoms with Crippen molar-refractivity contribution in [3.05, 3.63) is 210 Å². The van der Waals surface area contributed by atoms with E-state index in [1.807, 2.05) is 36.4 Å². The van der Waals surface area contributed by atoms with Crippen LogP contribution in [0.5, 0.6) is 0 Å². The van der Waals surface area contributed by atoms with Gasteiger partial charge in [-0.15, -0.1) is 0 Å². The lowest BCUT2D eigenvalue weighted by molar-refractivity contribution is -0.670. The number of halogens is 5. The van der Waals surface area contributed by atoms with Crippen molar-refractivity contribution in [2.24, 2.45) is 0 Å². The summed E-state index contributed by atoms with van der Waals surface area (Å²) in [6.07, 6.45) is 15.6. The number of allylic oxidation sites excluding steroid dienone is 3. The molecule has 0 amide bonds. The van der Waals surface area contributed by atoms with Gasteiger partial charge in [-0.05, 0) is 152 Å². The molecule has 6 heterocycles. The molecule has 9 aromatic rings. The number of thiazole rings is 1. The van der Waals surface area contributed by atoms with Crippen molar-refractivity contribution in [2.45, 2.75) is 93.9 Å². The quantitative estimate of drug-likeness (QED) is 0.114. The van der Waals surface area contributed by atoms with Crippen LogP contribution in [0.3, 0.4) is 0 Å². The van der Waals surface area contributed by atoms with Crippen molar-refractivity contribution in [3.63, 3.8) is 0 Å². The van der Waals surface area contributed by atoms with Gasteiger partial charge >= 0.3 is 0 Å². The van der Waals surface area contributed by atoms with E-state index in [1.54, 1.807) is 23.1 Å². The third-order valence-corrected chi connectivity index (χ3v) is 18.2. The van der Waals surface area contributed by atoms with Gasteiger partial charge in [0.2, 0.25) is 16.7 Å². The maximum Gasteiger partial charge on any atom is 0.282 e. The van der Waals surface area contributed by atoms with E-state index >= 15 is 0 Å². The molecule has 0 saturated heterocycles. The molecule has 0 N–H and O–H groups in total. The molecule has 430 valence electrons. The van der Waals surface area contributed by atoms with Crippen LogP contribution in [0.1, 0.15) is 84.9 Å². The van der Waals surface area contributed by atoms with Crippen molar-refractivity contribution in [3.8, 4) is 0 Å². The van der Waals surface area contributed by atoms with E-state index < -0.39 is 0 Å². The molecule has 0 atom stereocenters. The average molecular weight is 1290 g/mol. The molecule has 0 bridgehead atoms. The second kappa shape index (κ2) is 28.2. The Labute approximate surface area is 529 Å². The normalized spacial score (nSPS) is 14.8. The van der Waals surface area contributed by atoms with E-state index in [-0.39, 0.29) is 24.4 Å². The lowest BCUT2D eigenvalue weighted by atomic mass is 10.0. The van der Waals surface area contributed by atoms with Gasteiger partial charge in [-0.25, -0.2) is 9.13 Å². The fourth-order valence-electron chi connectivity index (χ4n) is 11.4. The van der Waals surface area contributed by atoms with Gasteiger partial charge in [0.25, 0.3) is 10.8 Å². The molecule has 15 heteroatoms. The van der Waals surface area contributed by atoms with Crippen LogP contribution in [-0.2, 0) is 26.2 Å². The summed E-state index contributed by atoms with van der Waals surface area (Å²) in [4.78, 5) is 10.6. The van der Waals surface area contributed by atoms with Gasteiger partial charge in [-0.3, -0.25) is 0 Å². The highest BCUT2D eigenvalue weighted by Gasteiger charge is 2.31. The van der Waals surface area contributed by atoms with E-state index in [0.29, 0.717) is 0 Å². The molecule has 0 fully saturated rings. The summed E-state index contributed by atoms with van der Waals surface area (Å²) in [7, 11) is 0. The smallest absolute Gasteiger partial charge is 0.282 e. The number of anilines is 4. The number of aryl methyl sites for hydroxylation is 4. The molecule has 0 aliphatic carbocycles. The summed E-state index contributed by atoms with van der Waals surface area (Å²) >= 11 is 28.6. The van der Waals surface area contributed by atoms with Crippen molar-refractivity contribution in [2.75, 3.05) is 45.8 Å².